The molecule has 0 saturated heterocycles. The molecule has 1 aliphatic heterocycles. The molecule has 1 fully saturated rings. The molecule has 30 heavy (non-hydrogen) atoms. The molecule has 1 unspecified atom stereocenters. The SMILES string of the molecule is CC(C(=O)O)C1CCC(c2ccc(C3=Cc4c(N)ncnc4OC3(C)C)cc2)CC1. The molecule has 4 rings (SSSR count). The van der Waals surface area contributed by atoms with E-state index in [0.29, 0.717) is 17.6 Å². The summed E-state index contributed by atoms with van der Waals surface area (Å²) in [5.74, 6) is 0.771. The molecule has 0 radical (unpaired) electrons. The molecular formula is C24H29N3O3. The van der Waals surface area contributed by atoms with Gasteiger partial charge >= 0.3 is 5.97 Å². The topological polar surface area (TPSA) is 98.3 Å². The Bertz CT molecular complexity index is 974. The zero-order valence-corrected chi connectivity index (χ0v) is 17.8. The fourth-order valence-corrected chi connectivity index (χ4v) is 4.74. The first kappa shape index (κ1) is 20.4. The Balaban J connectivity index is 1.53. The number of hydrogen-bond donors (Lipinski definition) is 2. The molecule has 6 heteroatoms. The summed E-state index contributed by atoms with van der Waals surface area (Å²) < 4.78 is 6.12. The van der Waals surface area contributed by atoms with Gasteiger partial charge in [0.1, 0.15) is 17.7 Å². The largest absolute Gasteiger partial charge is 0.481 e. The van der Waals surface area contributed by atoms with Gasteiger partial charge in [0, 0.05) is 5.57 Å². The Hall–Kier alpha value is -2.89. The number of aromatic nitrogens is 2. The first-order valence-corrected chi connectivity index (χ1v) is 10.6. The summed E-state index contributed by atoms with van der Waals surface area (Å²) in [5.41, 5.74) is 9.68. The summed E-state index contributed by atoms with van der Waals surface area (Å²) in [6, 6.07) is 8.67. The van der Waals surface area contributed by atoms with Crippen LogP contribution in [0.4, 0.5) is 5.82 Å². The average Bonchev–Trinajstić information content (AvgIpc) is 2.72. The molecule has 2 heterocycles. The quantitative estimate of drug-likeness (QED) is 0.758. The molecule has 0 bridgehead atoms. The maximum absolute atomic E-state index is 11.3. The zero-order chi connectivity index (χ0) is 21.5. The highest BCUT2D eigenvalue weighted by molar-refractivity contribution is 5.91. The van der Waals surface area contributed by atoms with Crippen molar-refractivity contribution in [1.82, 2.24) is 9.97 Å². The summed E-state index contributed by atoms with van der Waals surface area (Å²) in [5, 5.41) is 9.26. The molecule has 1 aromatic carbocycles. The van der Waals surface area contributed by atoms with Crippen molar-refractivity contribution in [2.24, 2.45) is 11.8 Å². The van der Waals surface area contributed by atoms with E-state index in [0.717, 1.165) is 42.4 Å². The Labute approximate surface area is 177 Å². The fraction of sp³-hybridized carbons (Fsp3) is 0.458. The van der Waals surface area contributed by atoms with Gasteiger partial charge in [-0.25, -0.2) is 9.97 Å². The van der Waals surface area contributed by atoms with Gasteiger partial charge in [-0.3, -0.25) is 4.79 Å². The first-order chi connectivity index (χ1) is 14.3. The van der Waals surface area contributed by atoms with Gasteiger partial charge in [0.05, 0.1) is 11.5 Å². The van der Waals surface area contributed by atoms with Crippen molar-refractivity contribution in [1.29, 1.82) is 0 Å². The lowest BCUT2D eigenvalue weighted by molar-refractivity contribution is -0.143. The van der Waals surface area contributed by atoms with E-state index >= 15 is 0 Å². The van der Waals surface area contributed by atoms with E-state index in [9.17, 15) is 9.90 Å². The number of ether oxygens (including phenoxy) is 1. The highest BCUT2D eigenvalue weighted by atomic mass is 16.5. The van der Waals surface area contributed by atoms with Gasteiger partial charge in [-0.2, -0.15) is 0 Å². The molecular weight excluding hydrogens is 378 g/mol. The minimum atomic E-state index is -0.680. The molecule has 2 aliphatic rings. The fourth-order valence-electron chi connectivity index (χ4n) is 4.74. The van der Waals surface area contributed by atoms with Crippen LogP contribution in [0, 0.1) is 11.8 Å². The Morgan fingerprint density at radius 1 is 1.17 bits per heavy atom. The normalized spacial score (nSPS) is 23.6. The number of anilines is 1. The van der Waals surface area contributed by atoms with Gasteiger partial charge in [0.15, 0.2) is 0 Å². The van der Waals surface area contributed by atoms with Gasteiger partial charge in [-0.1, -0.05) is 31.2 Å². The lowest BCUT2D eigenvalue weighted by Crippen LogP contribution is -2.33. The van der Waals surface area contributed by atoms with Crippen LogP contribution < -0.4 is 10.5 Å². The number of hydrogen-bond acceptors (Lipinski definition) is 5. The van der Waals surface area contributed by atoms with Crippen LogP contribution in [0.5, 0.6) is 5.88 Å². The number of nitrogens with zero attached hydrogens (tertiary/aromatic N) is 2. The van der Waals surface area contributed by atoms with Crippen LogP contribution in [0.3, 0.4) is 0 Å². The van der Waals surface area contributed by atoms with Crippen molar-refractivity contribution in [3.8, 4) is 5.88 Å². The number of carboxylic acid groups (broad SMARTS) is 1. The van der Waals surface area contributed by atoms with Crippen LogP contribution in [0.1, 0.15) is 69.1 Å². The van der Waals surface area contributed by atoms with Crippen LogP contribution in [-0.2, 0) is 4.79 Å². The number of carbonyl (C=O) groups is 1. The average molecular weight is 408 g/mol. The van der Waals surface area contributed by atoms with Crippen LogP contribution in [0.2, 0.25) is 0 Å². The number of nitrogens with two attached hydrogens (primary N) is 1. The number of benzene rings is 1. The number of aliphatic carboxylic acids is 1. The smallest absolute Gasteiger partial charge is 0.306 e. The monoisotopic (exact) mass is 407 g/mol. The Kier molecular flexibility index (Phi) is 5.26. The van der Waals surface area contributed by atoms with Crippen molar-refractivity contribution in [3.05, 3.63) is 47.3 Å². The summed E-state index contributed by atoms with van der Waals surface area (Å²) in [6.45, 7) is 5.89. The second-order valence-electron chi connectivity index (χ2n) is 9.01. The van der Waals surface area contributed by atoms with E-state index in [-0.39, 0.29) is 11.8 Å². The lowest BCUT2D eigenvalue weighted by atomic mass is 9.74. The minimum Gasteiger partial charge on any atom is -0.481 e. The van der Waals surface area contributed by atoms with Gasteiger partial charge in [-0.15, -0.1) is 0 Å². The second kappa shape index (κ2) is 7.74. The molecule has 158 valence electrons. The third-order valence-corrected chi connectivity index (χ3v) is 6.73. The molecule has 1 aromatic heterocycles. The summed E-state index contributed by atoms with van der Waals surface area (Å²) in [4.78, 5) is 19.5. The molecule has 0 spiro atoms. The zero-order valence-electron chi connectivity index (χ0n) is 17.8. The maximum atomic E-state index is 11.3. The van der Waals surface area contributed by atoms with Gasteiger partial charge in [0.25, 0.3) is 0 Å². The molecule has 0 amide bonds. The lowest BCUT2D eigenvalue weighted by Gasteiger charge is -2.34. The van der Waals surface area contributed by atoms with Crippen LogP contribution in [0.15, 0.2) is 30.6 Å². The van der Waals surface area contributed by atoms with Crippen molar-refractivity contribution in [2.75, 3.05) is 5.73 Å². The third kappa shape index (κ3) is 3.78. The summed E-state index contributed by atoms with van der Waals surface area (Å²) in [6.07, 6.45) is 7.48. The maximum Gasteiger partial charge on any atom is 0.306 e. The van der Waals surface area contributed by atoms with E-state index in [1.165, 1.54) is 11.9 Å². The number of carboxylic acids is 1. The van der Waals surface area contributed by atoms with E-state index < -0.39 is 11.6 Å². The van der Waals surface area contributed by atoms with E-state index in [2.05, 4.69) is 34.2 Å². The molecule has 6 nitrogen and oxygen atoms in total. The Morgan fingerprint density at radius 3 is 2.47 bits per heavy atom. The summed E-state index contributed by atoms with van der Waals surface area (Å²) >= 11 is 0. The van der Waals surface area contributed by atoms with Gasteiger partial charge < -0.3 is 15.6 Å². The molecule has 1 atom stereocenters. The third-order valence-electron chi connectivity index (χ3n) is 6.73. The molecule has 3 N–H and O–H groups in total. The number of nitrogen functional groups attached to an aromatic ring is 1. The summed E-state index contributed by atoms with van der Waals surface area (Å²) in [7, 11) is 0. The molecule has 1 saturated carbocycles. The molecule has 2 aromatic rings. The van der Waals surface area contributed by atoms with Crippen LogP contribution in [0.25, 0.3) is 11.6 Å². The number of fused-ring (bicyclic) bond motifs is 1. The Morgan fingerprint density at radius 2 is 1.83 bits per heavy atom. The van der Waals surface area contributed by atoms with Gasteiger partial charge in [0.2, 0.25) is 5.88 Å². The van der Waals surface area contributed by atoms with Crippen LogP contribution >= 0.6 is 0 Å². The van der Waals surface area contributed by atoms with Crippen LogP contribution in [-0.4, -0.2) is 26.6 Å². The highest BCUT2D eigenvalue weighted by Crippen LogP contribution is 2.42. The highest BCUT2D eigenvalue weighted by Gasteiger charge is 2.33. The molecule has 1 aliphatic carbocycles. The predicted octanol–water partition coefficient (Wildman–Crippen LogP) is 4.76. The minimum absolute atomic E-state index is 0.256. The van der Waals surface area contributed by atoms with Crippen molar-refractivity contribution in [3.63, 3.8) is 0 Å². The van der Waals surface area contributed by atoms with E-state index in [4.69, 9.17) is 10.5 Å². The van der Waals surface area contributed by atoms with Crippen molar-refractivity contribution >= 4 is 23.4 Å². The standard InChI is InChI=1S/C24H29N3O3/c1-14(23(28)29)15-4-6-16(7-5-15)17-8-10-18(11-9-17)20-12-19-21(25)26-13-27-22(19)30-24(20,2)3/h8-16H,4-7H2,1-3H3,(H,28,29)(H2,25,26,27). The second-order valence-corrected chi connectivity index (χ2v) is 9.01. The van der Waals surface area contributed by atoms with E-state index in [1.54, 1.807) is 0 Å². The van der Waals surface area contributed by atoms with Crippen molar-refractivity contribution in [2.45, 2.75) is 58.0 Å². The number of rotatable bonds is 4. The van der Waals surface area contributed by atoms with Gasteiger partial charge in [-0.05, 0) is 68.6 Å². The first-order valence-electron chi connectivity index (χ1n) is 10.6. The predicted molar refractivity (Wildman–Crippen MR) is 117 cm³/mol. The van der Waals surface area contributed by atoms with Crippen molar-refractivity contribution < 1.29 is 14.6 Å². The van der Waals surface area contributed by atoms with E-state index in [1.807, 2.05) is 26.8 Å².